The number of carbonyl (C=O) groups excluding carboxylic acids is 1. The normalized spacial score (nSPS) is 28.2. The molecule has 0 N–H and O–H groups in total. The highest BCUT2D eigenvalue weighted by molar-refractivity contribution is 7.91. The van der Waals surface area contributed by atoms with Gasteiger partial charge >= 0.3 is 0 Å². The lowest BCUT2D eigenvalue weighted by molar-refractivity contribution is -0.133. The summed E-state index contributed by atoms with van der Waals surface area (Å²) in [5.74, 6) is 0.168. The standard InChI is InChI=1S/C12H20ClNO3S/c13-8-12(15)14(10-4-2-1-3-5-10)11-6-7-18(16,17)9-11/h10-11H,1-9H2/t11-/m0/s1. The van der Waals surface area contributed by atoms with Gasteiger partial charge in [-0.15, -0.1) is 11.6 Å². The molecule has 0 bridgehead atoms. The van der Waals surface area contributed by atoms with Crippen LogP contribution in [0.3, 0.4) is 0 Å². The summed E-state index contributed by atoms with van der Waals surface area (Å²) in [6, 6.07) is 0.0487. The van der Waals surface area contributed by atoms with Crippen LogP contribution in [0.15, 0.2) is 0 Å². The molecule has 18 heavy (non-hydrogen) atoms. The van der Waals surface area contributed by atoms with Gasteiger partial charge in [0.2, 0.25) is 5.91 Å². The summed E-state index contributed by atoms with van der Waals surface area (Å²) in [5, 5.41) is 0. The van der Waals surface area contributed by atoms with E-state index in [2.05, 4.69) is 0 Å². The first-order valence-electron chi connectivity index (χ1n) is 6.61. The lowest BCUT2D eigenvalue weighted by atomic mass is 9.93. The quantitative estimate of drug-likeness (QED) is 0.742. The van der Waals surface area contributed by atoms with Crippen LogP contribution in [0, 0.1) is 0 Å². The lowest BCUT2D eigenvalue weighted by Crippen LogP contribution is -2.49. The van der Waals surface area contributed by atoms with Gasteiger partial charge in [-0.2, -0.15) is 0 Å². The zero-order chi connectivity index (χ0) is 13.2. The van der Waals surface area contributed by atoms with Crippen LogP contribution in [-0.4, -0.2) is 48.7 Å². The predicted octanol–water partition coefficient (Wildman–Crippen LogP) is 1.57. The first kappa shape index (κ1) is 14.1. The third-order valence-electron chi connectivity index (χ3n) is 3.97. The Bertz CT molecular complexity index is 404. The monoisotopic (exact) mass is 293 g/mol. The van der Waals surface area contributed by atoms with E-state index < -0.39 is 9.84 Å². The molecule has 1 atom stereocenters. The number of hydrogen-bond donors (Lipinski definition) is 0. The van der Waals surface area contributed by atoms with E-state index in [1.165, 1.54) is 6.42 Å². The number of sulfone groups is 1. The van der Waals surface area contributed by atoms with Gasteiger partial charge in [-0.05, 0) is 19.3 Å². The first-order valence-corrected chi connectivity index (χ1v) is 8.96. The third kappa shape index (κ3) is 3.18. The fraction of sp³-hybridized carbons (Fsp3) is 0.917. The van der Waals surface area contributed by atoms with Crippen molar-refractivity contribution >= 4 is 27.3 Å². The Labute approximate surface area is 114 Å². The zero-order valence-corrected chi connectivity index (χ0v) is 12.0. The Balaban J connectivity index is 2.12. The summed E-state index contributed by atoms with van der Waals surface area (Å²) >= 11 is 5.67. The van der Waals surface area contributed by atoms with Crippen LogP contribution in [-0.2, 0) is 14.6 Å². The molecule has 1 saturated carbocycles. The molecule has 0 aromatic carbocycles. The molecule has 0 spiro atoms. The van der Waals surface area contributed by atoms with Crippen LogP contribution in [0.1, 0.15) is 38.5 Å². The second-order valence-electron chi connectivity index (χ2n) is 5.28. The molecule has 0 aromatic rings. The van der Waals surface area contributed by atoms with Gasteiger partial charge in [-0.25, -0.2) is 8.42 Å². The Kier molecular flexibility index (Phi) is 4.54. The molecular formula is C12H20ClNO3S. The molecule has 1 aliphatic carbocycles. The number of hydrogen-bond acceptors (Lipinski definition) is 3. The van der Waals surface area contributed by atoms with E-state index in [1.807, 2.05) is 0 Å². The minimum atomic E-state index is -2.96. The Morgan fingerprint density at radius 2 is 1.78 bits per heavy atom. The van der Waals surface area contributed by atoms with Crippen molar-refractivity contribution in [2.24, 2.45) is 0 Å². The molecular weight excluding hydrogens is 274 g/mol. The minimum Gasteiger partial charge on any atom is -0.335 e. The van der Waals surface area contributed by atoms with Crippen molar-refractivity contribution in [2.45, 2.75) is 50.6 Å². The van der Waals surface area contributed by atoms with Crippen LogP contribution in [0.4, 0.5) is 0 Å². The van der Waals surface area contributed by atoms with E-state index in [0.717, 1.165) is 25.7 Å². The van der Waals surface area contributed by atoms with Gasteiger partial charge in [-0.1, -0.05) is 19.3 Å². The number of nitrogens with zero attached hydrogens (tertiary/aromatic N) is 1. The maximum absolute atomic E-state index is 12.0. The van der Waals surface area contributed by atoms with Crippen LogP contribution < -0.4 is 0 Å². The molecule has 1 heterocycles. The molecule has 6 heteroatoms. The van der Waals surface area contributed by atoms with E-state index in [1.54, 1.807) is 4.90 Å². The van der Waals surface area contributed by atoms with Crippen molar-refractivity contribution < 1.29 is 13.2 Å². The predicted molar refractivity (Wildman–Crippen MR) is 71.5 cm³/mol. The van der Waals surface area contributed by atoms with Crippen LogP contribution >= 0.6 is 11.6 Å². The second kappa shape index (κ2) is 5.78. The largest absolute Gasteiger partial charge is 0.335 e. The number of alkyl halides is 1. The van der Waals surface area contributed by atoms with Crippen molar-refractivity contribution in [3.63, 3.8) is 0 Å². The van der Waals surface area contributed by atoms with Crippen LogP contribution in [0.5, 0.6) is 0 Å². The average molecular weight is 294 g/mol. The molecule has 1 saturated heterocycles. The Morgan fingerprint density at radius 3 is 2.28 bits per heavy atom. The van der Waals surface area contributed by atoms with E-state index in [9.17, 15) is 13.2 Å². The third-order valence-corrected chi connectivity index (χ3v) is 5.95. The molecule has 2 fully saturated rings. The summed E-state index contributed by atoms with van der Waals surface area (Å²) in [7, 11) is -2.96. The van der Waals surface area contributed by atoms with Gasteiger partial charge in [0.05, 0.1) is 11.5 Å². The second-order valence-corrected chi connectivity index (χ2v) is 7.78. The van der Waals surface area contributed by atoms with Crippen LogP contribution in [0.2, 0.25) is 0 Å². The SMILES string of the molecule is O=C(CCl)N(C1CCCCC1)[C@H]1CCS(=O)(=O)C1. The maximum Gasteiger partial charge on any atom is 0.238 e. The van der Waals surface area contributed by atoms with Crippen molar-refractivity contribution in [2.75, 3.05) is 17.4 Å². The van der Waals surface area contributed by atoms with E-state index >= 15 is 0 Å². The van der Waals surface area contributed by atoms with Gasteiger partial charge in [0.25, 0.3) is 0 Å². The molecule has 1 aliphatic heterocycles. The van der Waals surface area contributed by atoms with E-state index in [0.29, 0.717) is 6.42 Å². The molecule has 0 unspecified atom stereocenters. The molecule has 2 aliphatic rings. The first-order chi connectivity index (χ1) is 8.53. The van der Waals surface area contributed by atoms with Crippen LogP contribution in [0.25, 0.3) is 0 Å². The van der Waals surface area contributed by atoms with E-state index in [-0.39, 0.29) is 35.4 Å². The Morgan fingerprint density at radius 1 is 1.11 bits per heavy atom. The van der Waals surface area contributed by atoms with Crippen molar-refractivity contribution in [1.29, 1.82) is 0 Å². The highest BCUT2D eigenvalue weighted by Crippen LogP contribution is 2.28. The topological polar surface area (TPSA) is 54.5 Å². The van der Waals surface area contributed by atoms with Crippen molar-refractivity contribution in [3.8, 4) is 0 Å². The fourth-order valence-corrected chi connectivity index (χ4v) is 4.98. The van der Waals surface area contributed by atoms with Gasteiger partial charge in [0.15, 0.2) is 9.84 Å². The lowest BCUT2D eigenvalue weighted by Gasteiger charge is -2.38. The van der Waals surface area contributed by atoms with Gasteiger partial charge in [0.1, 0.15) is 5.88 Å². The number of carbonyl (C=O) groups is 1. The van der Waals surface area contributed by atoms with Crippen molar-refractivity contribution in [1.82, 2.24) is 4.90 Å². The summed E-state index contributed by atoms with van der Waals surface area (Å²) in [4.78, 5) is 13.8. The summed E-state index contributed by atoms with van der Waals surface area (Å²) < 4.78 is 23.1. The smallest absolute Gasteiger partial charge is 0.238 e. The molecule has 0 aromatic heterocycles. The molecule has 1 amide bonds. The molecule has 104 valence electrons. The number of rotatable bonds is 3. The molecule has 0 radical (unpaired) electrons. The average Bonchev–Trinajstić information content (AvgIpc) is 2.71. The minimum absolute atomic E-state index is 0.0486. The van der Waals surface area contributed by atoms with Gasteiger partial charge in [0, 0.05) is 12.1 Å². The molecule has 4 nitrogen and oxygen atoms in total. The highest BCUT2D eigenvalue weighted by Gasteiger charge is 2.38. The summed E-state index contributed by atoms with van der Waals surface area (Å²) in [6.45, 7) is 0. The van der Waals surface area contributed by atoms with Crippen molar-refractivity contribution in [3.05, 3.63) is 0 Å². The highest BCUT2D eigenvalue weighted by atomic mass is 35.5. The fourth-order valence-electron chi connectivity index (χ4n) is 3.13. The van der Waals surface area contributed by atoms with E-state index in [4.69, 9.17) is 11.6 Å². The van der Waals surface area contributed by atoms with Gasteiger partial charge in [-0.3, -0.25) is 4.79 Å². The van der Waals surface area contributed by atoms with Gasteiger partial charge < -0.3 is 4.90 Å². The maximum atomic E-state index is 12.0. The number of halogens is 1. The zero-order valence-electron chi connectivity index (χ0n) is 10.5. The number of amides is 1. The summed E-state index contributed by atoms with van der Waals surface area (Å²) in [6.07, 6.45) is 5.99. The summed E-state index contributed by atoms with van der Waals surface area (Å²) in [5.41, 5.74) is 0. The Hall–Kier alpha value is -0.290. The molecule has 2 rings (SSSR count).